The lowest BCUT2D eigenvalue weighted by Gasteiger charge is -2.36. The number of aromatic nitrogens is 1. The van der Waals surface area contributed by atoms with Gasteiger partial charge in [-0.15, -0.1) is 0 Å². The van der Waals surface area contributed by atoms with Crippen molar-refractivity contribution in [2.75, 3.05) is 13.1 Å². The fourth-order valence-corrected chi connectivity index (χ4v) is 5.31. The first-order valence-corrected chi connectivity index (χ1v) is 12.7. The molecule has 36 heavy (non-hydrogen) atoms. The third kappa shape index (κ3) is 5.31. The molecule has 0 saturated carbocycles. The highest BCUT2D eigenvalue weighted by molar-refractivity contribution is 5.86. The van der Waals surface area contributed by atoms with E-state index in [0.717, 1.165) is 28.0 Å². The molecule has 1 saturated heterocycles. The molecule has 3 atom stereocenters. The van der Waals surface area contributed by atoms with E-state index in [2.05, 4.69) is 66.3 Å². The standard InChI is InChI=1S/C31H34N2O3/c1-22-18-33(19-23(2)36-22)31(34)17-28(29-20-32(3)30-15-8-7-14-27(29)30)25-12-9-13-26(16-25)35-21-24-10-5-4-6-11-24/h4-16,20,22-23,28H,17-19,21H2,1-3H3. The number of rotatable bonds is 7. The fraction of sp³-hybridized carbons (Fsp3) is 0.323. The van der Waals surface area contributed by atoms with Gasteiger partial charge in [0.25, 0.3) is 0 Å². The topological polar surface area (TPSA) is 43.7 Å². The Morgan fingerprint density at radius 2 is 1.69 bits per heavy atom. The van der Waals surface area contributed by atoms with Crippen molar-refractivity contribution in [3.05, 3.63) is 102 Å². The second-order valence-electron chi connectivity index (χ2n) is 9.87. The average molecular weight is 483 g/mol. The Morgan fingerprint density at radius 1 is 0.972 bits per heavy atom. The normalized spacial score (nSPS) is 18.8. The second kappa shape index (κ2) is 10.6. The quantitative estimate of drug-likeness (QED) is 0.329. The Labute approximate surface area is 213 Å². The largest absolute Gasteiger partial charge is 0.489 e. The van der Waals surface area contributed by atoms with Crippen molar-refractivity contribution in [1.29, 1.82) is 0 Å². The van der Waals surface area contributed by atoms with Crippen molar-refractivity contribution >= 4 is 16.8 Å². The summed E-state index contributed by atoms with van der Waals surface area (Å²) in [5, 5.41) is 1.18. The Bertz CT molecular complexity index is 1320. The van der Waals surface area contributed by atoms with E-state index < -0.39 is 0 Å². The van der Waals surface area contributed by atoms with Gasteiger partial charge in [0.2, 0.25) is 5.91 Å². The van der Waals surface area contributed by atoms with Gasteiger partial charge in [-0.05, 0) is 48.7 Å². The highest BCUT2D eigenvalue weighted by atomic mass is 16.5. The third-order valence-corrected chi connectivity index (χ3v) is 6.96. The summed E-state index contributed by atoms with van der Waals surface area (Å²) in [4.78, 5) is 15.6. The Balaban J connectivity index is 1.47. The highest BCUT2D eigenvalue weighted by Crippen LogP contribution is 2.36. The van der Waals surface area contributed by atoms with Crippen LogP contribution in [-0.2, 0) is 23.2 Å². The number of benzene rings is 3. The van der Waals surface area contributed by atoms with Crippen LogP contribution in [0.5, 0.6) is 5.75 Å². The molecule has 1 amide bonds. The minimum absolute atomic E-state index is 0.0448. The number of para-hydroxylation sites is 1. The number of ether oxygens (including phenoxy) is 2. The molecule has 1 aliphatic rings. The number of fused-ring (bicyclic) bond motifs is 1. The van der Waals surface area contributed by atoms with E-state index in [0.29, 0.717) is 26.1 Å². The molecular formula is C31H34N2O3. The van der Waals surface area contributed by atoms with Crippen molar-refractivity contribution in [1.82, 2.24) is 9.47 Å². The van der Waals surface area contributed by atoms with Gasteiger partial charge in [-0.3, -0.25) is 4.79 Å². The first-order valence-electron chi connectivity index (χ1n) is 12.7. The molecule has 3 unspecified atom stereocenters. The van der Waals surface area contributed by atoms with Crippen LogP contribution in [-0.4, -0.2) is 40.7 Å². The predicted octanol–water partition coefficient (Wildman–Crippen LogP) is 5.92. The van der Waals surface area contributed by atoms with E-state index in [4.69, 9.17) is 9.47 Å². The van der Waals surface area contributed by atoms with E-state index in [1.54, 1.807) is 0 Å². The molecule has 5 rings (SSSR count). The lowest BCUT2D eigenvalue weighted by molar-refractivity contribution is -0.143. The number of hydrogen-bond acceptors (Lipinski definition) is 3. The molecule has 1 aromatic heterocycles. The first-order chi connectivity index (χ1) is 17.5. The van der Waals surface area contributed by atoms with Crippen molar-refractivity contribution in [2.24, 2.45) is 7.05 Å². The number of morpholine rings is 1. The summed E-state index contributed by atoms with van der Waals surface area (Å²) in [7, 11) is 2.06. The third-order valence-electron chi connectivity index (χ3n) is 6.96. The summed E-state index contributed by atoms with van der Waals surface area (Å²) in [5.41, 5.74) is 4.53. The zero-order valence-electron chi connectivity index (χ0n) is 21.3. The van der Waals surface area contributed by atoms with Crippen LogP contribution in [0, 0.1) is 0 Å². The number of carbonyl (C=O) groups is 1. The smallest absolute Gasteiger partial charge is 0.223 e. The number of amides is 1. The fourth-order valence-electron chi connectivity index (χ4n) is 5.31. The number of aryl methyl sites for hydroxylation is 1. The molecule has 1 aliphatic heterocycles. The molecule has 5 heteroatoms. The van der Waals surface area contributed by atoms with Gasteiger partial charge >= 0.3 is 0 Å². The molecule has 1 fully saturated rings. The SMILES string of the molecule is CC1CN(C(=O)CC(c2cccc(OCc3ccccc3)c2)c2cn(C)c3ccccc23)CC(C)O1. The summed E-state index contributed by atoms with van der Waals surface area (Å²) < 4.78 is 14.2. The lowest BCUT2D eigenvalue weighted by Crippen LogP contribution is -2.48. The molecule has 0 aliphatic carbocycles. The van der Waals surface area contributed by atoms with Crippen LogP contribution in [0.2, 0.25) is 0 Å². The summed E-state index contributed by atoms with van der Waals surface area (Å²) in [6.07, 6.45) is 2.66. The molecule has 3 aromatic carbocycles. The summed E-state index contributed by atoms with van der Waals surface area (Å²) in [5.74, 6) is 0.880. The van der Waals surface area contributed by atoms with Crippen LogP contribution in [0.1, 0.15) is 42.9 Å². The zero-order chi connectivity index (χ0) is 25.1. The molecule has 5 nitrogen and oxygen atoms in total. The molecule has 0 spiro atoms. The number of hydrogen-bond donors (Lipinski definition) is 0. The van der Waals surface area contributed by atoms with Gasteiger partial charge < -0.3 is 18.9 Å². The van der Waals surface area contributed by atoms with Crippen molar-refractivity contribution in [3.63, 3.8) is 0 Å². The molecular weight excluding hydrogens is 448 g/mol. The van der Waals surface area contributed by atoms with Gasteiger partial charge in [-0.2, -0.15) is 0 Å². The predicted molar refractivity (Wildman–Crippen MR) is 143 cm³/mol. The zero-order valence-corrected chi connectivity index (χ0v) is 21.3. The number of carbonyl (C=O) groups excluding carboxylic acids is 1. The van der Waals surface area contributed by atoms with Crippen molar-refractivity contribution in [3.8, 4) is 5.75 Å². The summed E-state index contributed by atoms with van der Waals surface area (Å²) >= 11 is 0. The van der Waals surface area contributed by atoms with Crippen molar-refractivity contribution < 1.29 is 14.3 Å². The minimum Gasteiger partial charge on any atom is -0.489 e. The monoisotopic (exact) mass is 482 g/mol. The van der Waals surface area contributed by atoms with Crippen LogP contribution in [0.3, 0.4) is 0 Å². The number of nitrogens with zero attached hydrogens (tertiary/aromatic N) is 2. The molecule has 2 heterocycles. The van der Waals surface area contributed by atoms with Crippen LogP contribution in [0.25, 0.3) is 10.9 Å². The molecule has 0 N–H and O–H groups in total. The maximum Gasteiger partial charge on any atom is 0.223 e. The van der Waals surface area contributed by atoms with E-state index >= 15 is 0 Å². The Kier molecular flexibility index (Phi) is 7.10. The van der Waals surface area contributed by atoms with Gasteiger partial charge in [0, 0.05) is 49.6 Å². The Hall–Kier alpha value is -3.57. The van der Waals surface area contributed by atoms with Gasteiger partial charge in [-0.1, -0.05) is 60.7 Å². The van der Waals surface area contributed by atoms with Crippen LogP contribution < -0.4 is 4.74 Å². The van der Waals surface area contributed by atoms with Crippen LogP contribution in [0.15, 0.2) is 85.1 Å². The molecule has 0 bridgehead atoms. The minimum atomic E-state index is -0.0858. The molecule has 0 radical (unpaired) electrons. The van der Waals surface area contributed by atoms with E-state index in [9.17, 15) is 4.79 Å². The van der Waals surface area contributed by atoms with Crippen molar-refractivity contribution in [2.45, 2.75) is 45.0 Å². The highest BCUT2D eigenvalue weighted by Gasteiger charge is 2.29. The first kappa shape index (κ1) is 24.1. The van der Waals surface area contributed by atoms with Gasteiger partial charge in [0.05, 0.1) is 12.2 Å². The van der Waals surface area contributed by atoms with Crippen LogP contribution in [0.4, 0.5) is 0 Å². The van der Waals surface area contributed by atoms with Gasteiger partial charge in [0.15, 0.2) is 0 Å². The Morgan fingerprint density at radius 3 is 2.47 bits per heavy atom. The summed E-state index contributed by atoms with van der Waals surface area (Å²) in [6, 6.07) is 26.8. The van der Waals surface area contributed by atoms with E-state index in [1.807, 2.05) is 49.1 Å². The molecule has 186 valence electrons. The summed E-state index contributed by atoms with van der Waals surface area (Å²) in [6.45, 7) is 5.83. The van der Waals surface area contributed by atoms with E-state index in [-0.39, 0.29) is 24.0 Å². The van der Waals surface area contributed by atoms with E-state index in [1.165, 1.54) is 5.39 Å². The van der Waals surface area contributed by atoms with Gasteiger partial charge in [-0.25, -0.2) is 0 Å². The van der Waals surface area contributed by atoms with Crippen LogP contribution >= 0.6 is 0 Å². The average Bonchev–Trinajstić information content (AvgIpc) is 3.22. The second-order valence-corrected chi connectivity index (χ2v) is 9.87. The molecule has 4 aromatic rings. The maximum absolute atomic E-state index is 13.6. The maximum atomic E-state index is 13.6. The lowest BCUT2D eigenvalue weighted by atomic mass is 9.87. The van der Waals surface area contributed by atoms with Gasteiger partial charge in [0.1, 0.15) is 12.4 Å².